The second-order valence-electron chi connectivity index (χ2n) is 3.94. The number of aliphatic imine (C=N–C) groups is 1. The number of methoxy groups -OCH3 is 1. The number of amides is 1. The minimum Gasteiger partial charge on any atom is -0.497 e. The maximum atomic E-state index is 10.9. The summed E-state index contributed by atoms with van der Waals surface area (Å²) in [5, 5.41) is 0. The Hall–Kier alpha value is -2.62. The Morgan fingerprint density at radius 2 is 1.74 bits per heavy atom. The molecule has 0 aliphatic rings. The molecule has 0 aromatic heterocycles. The molecule has 0 saturated heterocycles. The average Bonchev–Trinajstić information content (AvgIpc) is 2.46. The van der Waals surface area contributed by atoms with Gasteiger partial charge >= 0.3 is 0 Å². The number of nitrogens with two attached hydrogens (primary N) is 1. The van der Waals surface area contributed by atoms with Crippen LogP contribution in [0.15, 0.2) is 53.5 Å². The van der Waals surface area contributed by atoms with Crippen molar-refractivity contribution in [1.82, 2.24) is 0 Å². The monoisotopic (exact) mass is 254 g/mol. The highest BCUT2D eigenvalue weighted by Crippen LogP contribution is 2.17. The topological polar surface area (TPSA) is 64.7 Å². The van der Waals surface area contributed by atoms with Gasteiger partial charge < -0.3 is 10.5 Å². The first kappa shape index (κ1) is 12.8. The normalized spacial score (nSPS) is 10.6. The molecule has 0 unspecified atom stereocenters. The van der Waals surface area contributed by atoms with Gasteiger partial charge in [0.2, 0.25) is 5.91 Å². The van der Waals surface area contributed by atoms with E-state index < -0.39 is 5.91 Å². The molecule has 0 bridgehead atoms. The number of rotatable bonds is 4. The Kier molecular flexibility index (Phi) is 3.93. The fourth-order valence-corrected chi connectivity index (χ4v) is 1.55. The lowest BCUT2D eigenvalue weighted by Crippen LogP contribution is -2.10. The molecule has 0 aliphatic heterocycles. The van der Waals surface area contributed by atoms with Crippen LogP contribution < -0.4 is 10.5 Å². The molecule has 19 heavy (non-hydrogen) atoms. The molecule has 1 amide bonds. The van der Waals surface area contributed by atoms with E-state index in [0.29, 0.717) is 5.56 Å². The van der Waals surface area contributed by atoms with Crippen molar-refractivity contribution in [3.63, 3.8) is 0 Å². The van der Waals surface area contributed by atoms with Crippen LogP contribution in [0.2, 0.25) is 0 Å². The van der Waals surface area contributed by atoms with Crippen LogP contribution >= 0.6 is 0 Å². The summed E-state index contributed by atoms with van der Waals surface area (Å²) in [7, 11) is 1.62. The zero-order chi connectivity index (χ0) is 13.7. The fourth-order valence-electron chi connectivity index (χ4n) is 1.55. The summed E-state index contributed by atoms with van der Waals surface area (Å²) in [6.45, 7) is 0. The van der Waals surface area contributed by atoms with Crippen LogP contribution in [0.1, 0.15) is 15.9 Å². The molecule has 2 rings (SSSR count). The first-order valence-corrected chi connectivity index (χ1v) is 5.77. The molecule has 0 saturated carbocycles. The number of hydrogen-bond acceptors (Lipinski definition) is 3. The highest BCUT2D eigenvalue weighted by atomic mass is 16.5. The molecule has 0 radical (unpaired) electrons. The lowest BCUT2D eigenvalue weighted by atomic mass is 10.1. The van der Waals surface area contributed by atoms with Gasteiger partial charge in [0.15, 0.2) is 0 Å². The van der Waals surface area contributed by atoms with Crippen LogP contribution in [0.5, 0.6) is 5.75 Å². The third-order valence-electron chi connectivity index (χ3n) is 2.63. The zero-order valence-corrected chi connectivity index (χ0v) is 10.5. The van der Waals surface area contributed by atoms with Crippen molar-refractivity contribution in [2.45, 2.75) is 0 Å². The number of nitrogens with zero attached hydrogens (tertiary/aromatic N) is 1. The highest BCUT2D eigenvalue weighted by Gasteiger charge is 1.98. The van der Waals surface area contributed by atoms with Gasteiger partial charge in [-0.3, -0.25) is 9.79 Å². The van der Waals surface area contributed by atoms with Crippen molar-refractivity contribution in [3.05, 3.63) is 59.7 Å². The molecule has 2 aromatic carbocycles. The van der Waals surface area contributed by atoms with Gasteiger partial charge in [-0.2, -0.15) is 0 Å². The van der Waals surface area contributed by atoms with Crippen LogP contribution in [-0.2, 0) is 0 Å². The first-order chi connectivity index (χ1) is 9.19. The van der Waals surface area contributed by atoms with Crippen LogP contribution in [0, 0.1) is 0 Å². The third-order valence-corrected chi connectivity index (χ3v) is 2.63. The lowest BCUT2D eigenvalue weighted by Gasteiger charge is -1.99. The minimum absolute atomic E-state index is 0.432. The maximum absolute atomic E-state index is 10.9. The summed E-state index contributed by atoms with van der Waals surface area (Å²) in [6.07, 6.45) is 1.73. The molecule has 96 valence electrons. The van der Waals surface area contributed by atoms with E-state index in [0.717, 1.165) is 17.0 Å². The number of carbonyl (C=O) groups is 1. The van der Waals surface area contributed by atoms with E-state index in [1.54, 1.807) is 37.6 Å². The Bertz CT molecular complexity index is 587. The molecule has 0 heterocycles. The average molecular weight is 254 g/mol. The Labute approximate surface area is 111 Å². The third kappa shape index (κ3) is 3.42. The predicted molar refractivity (Wildman–Crippen MR) is 75.2 cm³/mol. The largest absolute Gasteiger partial charge is 0.497 e. The van der Waals surface area contributed by atoms with E-state index >= 15 is 0 Å². The SMILES string of the molecule is COc1ccc(N=Cc2ccc(C(N)=O)cc2)cc1. The molecular formula is C15H14N2O2. The molecular weight excluding hydrogens is 240 g/mol. The quantitative estimate of drug-likeness (QED) is 0.852. The maximum Gasteiger partial charge on any atom is 0.248 e. The van der Waals surface area contributed by atoms with E-state index in [2.05, 4.69) is 4.99 Å². The van der Waals surface area contributed by atoms with Crippen LogP contribution in [0.4, 0.5) is 5.69 Å². The molecule has 2 N–H and O–H groups in total. The number of ether oxygens (including phenoxy) is 1. The van der Waals surface area contributed by atoms with Gasteiger partial charge in [-0.15, -0.1) is 0 Å². The second kappa shape index (κ2) is 5.82. The fraction of sp³-hybridized carbons (Fsp3) is 0.0667. The van der Waals surface area contributed by atoms with E-state index in [1.807, 2.05) is 24.3 Å². The number of carbonyl (C=O) groups excluding carboxylic acids is 1. The van der Waals surface area contributed by atoms with Crippen molar-refractivity contribution in [1.29, 1.82) is 0 Å². The van der Waals surface area contributed by atoms with E-state index in [9.17, 15) is 4.79 Å². The van der Waals surface area contributed by atoms with Gasteiger partial charge in [-0.25, -0.2) is 0 Å². The summed E-state index contributed by atoms with van der Waals surface area (Å²) in [6, 6.07) is 14.4. The van der Waals surface area contributed by atoms with Gasteiger partial charge in [0.25, 0.3) is 0 Å². The van der Waals surface area contributed by atoms with E-state index in [-0.39, 0.29) is 0 Å². The number of benzene rings is 2. The smallest absolute Gasteiger partial charge is 0.248 e. The Morgan fingerprint density at radius 3 is 2.26 bits per heavy atom. The summed E-state index contributed by atoms with van der Waals surface area (Å²) in [4.78, 5) is 15.3. The zero-order valence-electron chi connectivity index (χ0n) is 10.5. The van der Waals surface area contributed by atoms with Crippen molar-refractivity contribution in [3.8, 4) is 5.75 Å². The van der Waals surface area contributed by atoms with Crippen molar-refractivity contribution >= 4 is 17.8 Å². The second-order valence-corrected chi connectivity index (χ2v) is 3.94. The van der Waals surface area contributed by atoms with Crippen LogP contribution in [0.3, 0.4) is 0 Å². The standard InChI is InChI=1S/C15H14N2O2/c1-19-14-8-6-13(7-9-14)17-10-11-2-4-12(5-3-11)15(16)18/h2-10H,1H3,(H2,16,18). The van der Waals surface area contributed by atoms with Gasteiger partial charge in [0.05, 0.1) is 12.8 Å². The molecule has 0 aliphatic carbocycles. The molecule has 0 fully saturated rings. The molecule has 4 heteroatoms. The molecule has 4 nitrogen and oxygen atoms in total. The summed E-state index contributed by atoms with van der Waals surface area (Å²) < 4.78 is 5.07. The first-order valence-electron chi connectivity index (χ1n) is 5.77. The molecule has 0 spiro atoms. The Balaban J connectivity index is 2.10. The van der Waals surface area contributed by atoms with Crippen LogP contribution in [-0.4, -0.2) is 19.2 Å². The van der Waals surface area contributed by atoms with Crippen molar-refractivity contribution in [2.24, 2.45) is 10.7 Å². The lowest BCUT2D eigenvalue weighted by molar-refractivity contribution is 0.100. The van der Waals surface area contributed by atoms with Crippen molar-refractivity contribution in [2.75, 3.05) is 7.11 Å². The van der Waals surface area contributed by atoms with Crippen LogP contribution in [0.25, 0.3) is 0 Å². The van der Waals surface area contributed by atoms with Gasteiger partial charge in [0, 0.05) is 11.8 Å². The Morgan fingerprint density at radius 1 is 1.11 bits per heavy atom. The predicted octanol–water partition coefficient (Wildman–Crippen LogP) is 2.54. The number of primary amides is 1. The summed E-state index contributed by atoms with van der Waals surface area (Å²) >= 11 is 0. The van der Waals surface area contributed by atoms with E-state index in [1.165, 1.54) is 0 Å². The van der Waals surface area contributed by atoms with E-state index in [4.69, 9.17) is 10.5 Å². The van der Waals surface area contributed by atoms with Gasteiger partial charge in [0.1, 0.15) is 5.75 Å². The molecule has 2 aromatic rings. The minimum atomic E-state index is -0.432. The number of hydrogen-bond donors (Lipinski definition) is 1. The summed E-state index contributed by atoms with van der Waals surface area (Å²) in [5.41, 5.74) is 7.40. The van der Waals surface area contributed by atoms with Gasteiger partial charge in [-0.1, -0.05) is 12.1 Å². The van der Waals surface area contributed by atoms with Gasteiger partial charge in [-0.05, 0) is 42.0 Å². The van der Waals surface area contributed by atoms with Crippen molar-refractivity contribution < 1.29 is 9.53 Å². The highest BCUT2D eigenvalue weighted by molar-refractivity contribution is 5.93. The molecule has 0 atom stereocenters. The summed E-state index contributed by atoms with van der Waals surface area (Å²) in [5.74, 6) is 0.364.